The maximum absolute atomic E-state index is 6.90. The maximum atomic E-state index is 6.90. The molecule has 0 bridgehead atoms. The van der Waals surface area contributed by atoms with Crippen LogP contribution in [0.4, 0.5) is 0 Å². The predicted octanol–water partition coefficient (Wildman–Crippen LogP) is 4.85. The van der Waals surface area contributed by atoms with Crippen molar-refractivity contribution in [3.8, 4) is 0 Å². The molecule has 0 aliphatic carbocycles. The van der Waals surface area contributed by atoms with Crippen molar-refractivity contribution in [2.75, 3.05) is 8.86 Å². The predicted molar refractivity (Wildman–Crippen MR) is 104 cm³/mol. The average molecular weight is 425 g/mol. The van der Waals surface area contributed by atoms with Gasteiger partial charge in [-0.05, 0) is 0 Å². The second-order valence-corrected chi connectivity index (χ2v) is 12.9. The standard InChI is InChI=1S/C17H30ClIN2/c1-6-8-17(5)14(18)10-19(7-2)21-16(17)15-13(4)9-12(3)11-20-15/h9,11,13-16,21H,6-8,10H2,1-5H3/t13-,14+,15?,16+,17-/m0/s1. The average Bonchev–Trinajstić information content (AvgIpc) is 2.43. The van der Waals surface area contributed by atoms with E-state index in [1.807, 2.05) is 0 Å². The molecule has 2 rings (SSSR count). The third kappa shape index (κ3) is 3.66. The van der Waals surface area contributed by atoms with Gasteiger partial charge in [-0.1, -0.05) is 0 Å². The van der Waals surface area contributed by atoms with Gasteiger partial charge in [0.15, 0.2) is 0 Å². The molecule has 2 aliphatic heterocycles. The summed E-state index contributed by atoms with van der Waals surface area (Å²) in [4.78, 5) is 4.91. The van der Waals surface area contributed by atoms with Crippen LogP contribution in [0.2, 0.25) is 0 Å². The summed E-state index contributed by atoms with van der Waals surface area (Å²) in [5, 5.41) is 0.309. The molecule has 1 N–H and O–H groups in total. The number of alkyl halides is 3. The van der Waals surface area contributed by atoms with Crippen LogP contribution in [0, 0.1) is 11.3 Å². The summed E-state index contributed by atoms with van der Waals surface area (Å²) in [6.07, 6.45) is 6.81. The Bertz CT molecular complexity index is 423. The van der Waals surface area contributed by atoms with Crippen molar-refractivity contribution in [1.82, 2.24) is 3.53 Å². The quantitative estimate of drug-likeness (QED) is 0.389. The van der Waals surface area contributed by atoms with Gasteiger partial charge in [-0.3, -0.25) is 0 Å². The fourth-order valence-corrected chi connectivity index (χ4v) is 10.1. The molecule has 0 radical (unpaired) electrons. The fourth-order valence-electron chi connectivity index (χ4n) is 3.65. The molecule has 1 fully saturated rings. The van der Waals surface area contributed by atoms with Crippen LogP contribution < -0.4 is 3.53 Å². The van der Waals surface area contributed by atoms with Gasteiger partial charge in [0.05, 0.1) is 0 Å². The normalized spacial score (nSPS) is 42.0. The number of hydrogen-bond acceptors (Lipinski definition) is 2. The van der Waals surface area contributed by atoms with Crippen LogP contribution in [0.5, 0.6) is 0 Å². The van der Waals surface area contributed by atoms with E-state index in [2.05, 4.69) is 50.4 Å². The number of hydrogen-bond donors (Lipinski definition) is 1. The molecule has 5 atom stereocenters. The van der Waals surface area contributed by atoms with Crippen molar-refractivity contribution in [2.24, 2.45) is 16.3 Å². The number of halogens is 2. The van der Waals surface area contributed by atoms with Crippen LogP contribution in [0.15, 0.2) is 16.6 Å². The van der Waals surface area contributed by atoms with E-state index < -0.39 is 20.1 Å². The first-order valence-electron chi connectivity index (χ1n) is 8.15. The van der Waals surface area contributed by atoms with Crippen molar-refractivity contribution in [3.63, 3.8) is 0 Å². The number of nitrogens with zero attached hydrogens (tertiary/aromatic N) is 1. The van der Waals surface area contributed by atoms with Crippen LogP contribution in [-0.4, -0.2) is 32.5 Å². The van der Waals surface area contributed by atoms with E-state index >= 15 is 0 Å². The topological polar surface area (TPSA) is 24.4 Å². The second kappa shape index (κ2) is 7.31. The Labute approximate surface area is 142 Å². The summed E-state index contributed by atoms with van der Waals surface area (Å²) in [5.41, 5.74) is 1.45. The third-order valence-corrected chi connectivity index (χ3v) is 11.5. The number of rotatable bonds is 4. The third-order valence-electron chi connectivity index (χ3n) is 4.99. The zero-order valence-corrected chi connectivity index (χ0v) is 16.9. The van der Waals surface area contributed by atoms with Crippen LogP contribution >= 0.6 is 31.7 Å². The van der Waals surface area contributed by atoms with Gasteiger partial charge in [0.25, 0.3) is 0 Å². The van der Waals surface area contributed by atoms with Crippen LogP contribution in [0.3, 0.4) is 0 Å². The molecular formula is C17H30ClIN2. The molecule has 2 heterocycles. The van der Waals surface area contributed by atoms with Crippen molar-refractivity contribution in [3.05, 3.63) is 11.6 Å². The monoisotopic (exact) mass is 424 g/mol. The van der Waals surface area contributed by atoms with E-state index in [0.717, 1.165) is 0 Å². The Hall–Kier alpha value is 0.390. The molecule has 2 aliphatic rings. The minimum absolute atomic E-state index is 0.162. The molecular weight excluding hydrogens is 395 g/mol. The molecule has 0 saturated carbocycles. The molecule has 4 heteroatoms. The van der Waals surface area contributed by atoms with Crippen molar-refractivity contribution < 1.29 is 0 Å². The molecule has 0 spiro atoms. The van der Waals surface area contributed by atoms with E-state index in [1.54, 1.807) is 0 Å². The van der Waals surface area contributed by atoms with Gasteiger partial charge in [-0.15, -0.1) is 0 Å². The molecule has 0 aromatic rings. The molecule has 0 aromatic carbocycles. The minimum atomic E-state index is -1.10. The van der Waals surface area contributed by atoms with Gasteiger partial charge in [0.2, 0.25) is 0 Å². The molecule has 122 valence electrons. The van der Waals surface area contributed by atoms with Gasteiger partial charge in [-0.25, -0.2) is 0 Å². The van der Waals surface area contributed by atoms with Crippen molar-refractivity contribution in [2.45, 2.75) is 64.9 Å². The number of dihydropyridines is 1. The van der Waals surface area contributed by atoms with Gasteiger partial charge in [0, 0.05) is 0 Å². The van der Waals surface area contributed by atoms with Gasteiger partial charge < -0.3 is 0 Å². The van der Waals surface area contributed by atoms with E-state index in [4.69, 9.17) is 16.6 Å². The van der Waals surface area contributed by atoms with Crippen molar-refractivity contribution in [1.29, 1.82) is 0 Å². The SMILES string of the molecule is CCC[C@@]1(C)[C@H](Cl)CI(CC)N[C@@H]1C1N=CC(C)=C[C@@H]1C. The Balaban J connectivity index is 2.29. The first-order chi connectivity index (χ1) is 9.92. The Morgan fingerprint density at radius 3 is 2.76 bits per heavy atom. The number of nitrogens with one attached hydrogen (secondary N) is 1. The molecule has 1 saturated heterocycles. The first-order valence-corrected chi connectivity index (χ1v) is 12.7. The van der Waals surface area contributed by atoms with E-state index in [1.165, 1.54) is 27.3 Å². The van der Waals surface area contributed by atoms with E-state index in [9.17, 15) is 0 Å². The molecule has 1 unspecified atom stereocenters. The summed E-state index contributed by atoms with van der Waals surface area (Å²) in [5.74, 6) is 0.500. The molecule has 0 aromatic heterocycles. The van der Waals surface area contributed by atoms with Crippen LogP contribution in [0.25, 0.3) is 0 Å². The van der Waals surface area contributed by atoms with Gasteiger partial charge >= 0.3 is 143 Å². The van der Waals surface area contributed by atoms with E-state index in [-0.39, 0.29) is 5.41 Å². The summed E-state index contributed by atoms with van der Waals surface area (Å²) in [7, 11) is 0. The Morgan fingerprint density at radius 2 is 2.19 bits per heavy atom. The zero-order valence-electron chi connectivity index (χ0n) is 14.0. The summed E-state index contributed by atoms with van der Waals surface area (Å²) in [6, 6.07) is 0.785. The number of allylic oxidation sites excluding steroid dienone is 1. The van der Waals surface area contributed by atoms with E-state index in [0.29, 0.717) is 23.4 Å². The first kappa shape index (κ1) is 17.7. The summed E-state index contributed by atoms with van der Waals surface area (Å²) < 4.78 is 6.58. The van der Waals surface area contributed by atoms with Crippen LogP contribution in [0.1, 0.15) is 47.5 Å². The Morgan fingerprint density at radius 1 is 1.48 bits per heavy atom. The fraction of sp³-hybridized carbons (Fsp3) is 0.824. The summed E-state index contributed by atoms with van der Waals surface area (Å²) >= 11 is 5.79. The van der Waals surface area contributed by atoms with Crippen molar-refractivity contribution >= 4 is 37.9 Å². The van der Waals surface area contributed by atoms with Gasteiger partial charge in [-0.2, -0.15) is 0 Å². The zero-order chi connectivity index (χ0) is 15.6. The summed E-state index contributed by atoms with van der Waals surface area (Å²) in [6.45, 7) is 11.4. The van der Waals surface area contributed by atoms with Gasteiger partial charge in [0.1, 0.15) is 0 Å². The molecule has 2 nitrogen and oxygen atoms in total. The molecule has 21 heavy (non-hydrogen) atoms. The van der Waals surface area contributed by atoms with Crippen LogP contribution in [-0.2, 0) is 0 Å². The Kier molecular flexibility index (Phi) is 6.17. The second-order valence-electron chi connectivity index (χ2n) is 6.73. The number of aliphatic imine (C=N–C) groups is 1. The molecule has 0 amide bonds.